The molecule has 1 N–H and O–H groups in total. The molecule has 5 heteroatoms. The van der Waals surface area contributed by atoms with Crippen LogP contribution in [0.25, 0.3) is 0 Å². The predicted molar refractivity (Wildman–Crippen MR) is 48.1 cm³/mol. The molecule has 2 nitrogen and oxygen atoms in total. The summed E-state index contributed by atoms with van der Waals surface area (Å²) < 4.78 is 24.7. The fourth-order valence-corrected chi connectivity index (χ4v) is 1.37. The molecule has 1 aromatic rings. The number of halogens is 3. The van der Waals surface area contributed by atoms with Crippen LogP contribution in [0.2, 0.25) is 5.02 Å². The molecule has 0 saturated heterocycles. The van der Waals surface area contributed by atoms with Crippen molar-refractivity contribution in [2.75, 3.05) is 0 Å². The second kappa shape index (κ2) is 3.92. The van der Waals surface area contributed by atoms with Crippen molar-refractivity contribution in [2.24, 2.45) is 0 Å². The van der Waals surface area contributed by atoms with Gasteiger partial charge in [-0.3, -0.25) is 4.79 Å². The van der Waals surface area contributed by atoms with Crippen molar-refractivity contribution in [1.82, 2.24) is 0 Å². The molecule has 0 aliphatic carbocycles. The van der Waals surface area contributed by atoms with Gasteiger partial charge in [0.1, 0.15) is 5.75 Å². The highest BCUT2D eigenvalue weighted by Gasteiger charge is 2.18. The van der Waals surface area contributed by atoms with E-state index in [1.807, 2.05) is 0 Å². The van der Waals surface area contributed by atoms with Crippen molar-refractivity contribution < 1.29 is 18.7 Å². The van der Waals surface area contributed by atoms with Gasteiger partial charge in [0.15, 0.2) is 5.78 Å². The summed E-state index contributed by atoms with van der Waals surface area (Å²) in [5.74, 6) is -0.859. The molecule has 0 spiro atoms. The van der Waals surface area contributed by atoms with Gasteiger partial charge < -0.3 is 5.11 Å². The van der Waals surface area contributed by atoms with Crippen LogP contribution >= 0.6 is 11.6 Å². The summed E-state index contributed by atoms with van der Waals surface area (Å²) >= 11 is 5.56. The molecule has 76 valence electrons. The molecular weight excluding hydrogens is 214 g/mol. The highest BCUT2D eigenvalue weighted by atomic mass is 35.5. The van der Waals surface area contributed by atoms with E-state index in [4.69, 9.17) is 16.7 Å². The van der Waals surface area contributed by atoms with Crippen LogP contribution in [0.15, 0.2) is 12.1 Å². The molecule has 0 amide bonds. The Morgan fingerprint density at radius 1 is 1.50 bits per heavy atom. The molecule has 0 fully saturated rings. The SMILES string of the molecule is CC(=O)c1cc(O)cc(C(F)F)c1Cl. The molecule has 0 radical (unpaired) electrons. The second-order valence-electron chi connectivity index (χ2n) is 2.75. The second-order valence-corrected chi connectivity index (χ2v) is 3.13. The Kier molecular flexibility index (Phi) is 3.06. The van der Waals surface area contributed by atoms with E-state index in [-0.39, 0.29) is 10.6 Å². The Balaban J connectivity index is 3.40. The summed E-state index contributed by atoms with van der Waals surface area (Å²) in [6.45, 7) is 1.19. The number of Topliss-reactive ketones (excluding diaryl/α,β-unsaturated/α-hetero) is 1. The lowest BCUT2D eigenvalue weighted by atomic mass is 10.1. The largest absolute Gasteiger partial charge is 0.508 e. The summed E-state index contributed by atoms with van der Waals surface area (Å²) in [5.41, 5.74) is -0.626. The minimum Gasteiger partial charge on any atom is -0.508 e. The molecular formula is C9H7ClF2O2. The Labute approximate surface area is 84.1 Å². The van der Waals surface area contributed by atoms with Gasteiger partial charge >= 0.3 is 0 Å². The molecule has 0 saturated carbocycles. The fourth-order valence-electron chi connectivity index (χ4n) is 1.05. The van der Waals surface area contributed by atoms with Crippen LogP contribution in [0.5, 0.6) is 5.75 Å². The van der Waals surface area contributed by atoms with Crippen LogP contribution in [-0.4, -0.2) is 10.9 Å². The number of carbonyl (C=O) groups excluding carboxylic acids is 1. The lowest BCUT2D eigenvalue weighted by Gasteiger charge is -2.07. The molecule has 0 atom stereocenters. The molecule has 0 heterocycles. The maximum atomic E-state index is 12.3. The lowest BCUT2D eigenvalue weighted by molar-refractivity contribution is 0.101. The van der Waals surface area contributed by atoms with Gasteiger partial charge in [-0.15, -0.1) is 0 Å². The van der Waals surface area contributed by atoms with Crippen molar-refractivity contribution in [1.29, 1.82) is 0 Å². The lowest BCUT2D eigenvalue weighted by Crippen LogP contribution is -1.97. The van der Waals surface area contributed by atoms with Crippen molar-refractivity contribution in [3.63, 3.8) is 0 Å². The molecule has 0 aliphatic rings. The molecule has 14 heavy (non-hydrogen) atoms. The summed E-state index contributed by atoms with van der Waals surface area (Å²) in [7, 11) is 0. The van der Waals surface area contributed by atoms with E-state index in [9.17, 15) is 13.6 Å². The number of ketones is 1. The Morgan fingerprint density at radius 3 is 2.50 bits per heavy atom. The number of benzene rings is 1. The molecule has 0 unspecified atom stereocenters. The highest BCUT2D eigenvalue weighted by molar-refractivity contribution is 6.34. The van der Waals surface area contributed by atoms with E-state index in [2.05, 4.69) is 0 Å². The van der Waals surface area contributed by atoms with Gasteiger partial charge in [0.05, 0.1) is 5.02 Å². The number of hydrogen-bond donors (Lipinski definition) is 1. The average molecular weight is 221 g/mol. The van der Waals surface area contributed by atoms with Gasteiger partial charge in [0.2, 0.25) is 0 Å². The van der Waals surface area contributed by atoms with Gasteiger partial charge in [-0.2, -0.15) is 0 Å². The third kappa shape index (κ3) is 2.01. The minimum absolute atomic E-state index is 0.0954. The van der Waals surface area contributed by atoms with Crippen LogP contribution in [0.3, 0.4) is 0 Å². The van der Waals surface area contributed by atoms with Crippen LogP contribution in [0.1, 0.15) is 29.3 Å². The Bertz CT molecular complexity index is 377. The maximum Gasteiger partial charge on any atom is 0.265 e. The zero-order valence-corrected chi connectivity index (χ0v) is 7.98. The van der Waals surface area contributed by atoms with Gasteiger partial charge in [0.25, 0.3) is 6.43 Å². The standard InChI is InChI=1S/C9H7ClF2O2/c1-4(13)6-2-5(14)3-7(8(6)10)9(11)12/h2-3,9,14H,1H3. The van der Waals surface area contributed by atoms with Gasteiger partial charge in [-0.05, 0) is 19.1 Å². The first kappa shape index (κ1) is 10.9. The Morgan fingerprint density at radius 2 is 2.07 bits per heavy atom. The van der Waals surface area contributed by atoms with Crippen molar-refractivity contribution in [3.05, 3.63) is 28.3 Å². The summed E-state index contributed by atoms with van der Waals surface area (Å²) in [6, 6.07) is 1.91. The van der Waals surface area contributed by atoms with E-state index < -0.39 is 23.5 Å². The molecule has 0 aliphatic heterocycles. The number of alkyl halides is 2. The van der Waals surface area contributed by atoms with E-state index in [0.717, 1.165) is 12.1 Å². The Hall–Kier alpha value is -1.16. The molecule has 0 aromatic heterocycles. The van der Waals surface area contributed by atoms with E-state index >= 15 is 0 Å². The first-order valence-electron chi connectivity index (χ1n) is 3.75. The van der Waals surface area contributed by atoms with Crippen LogP contribution in [-0.2, 0) is 0 Å². The number of aromatic hydroxyl groups is 1. The highest BCUT2D eigenvalue weighted by Crippen LogP contribution is 2.33. The number of hydrogen-bond acceptors (Lipinski definition) is 2. The number of rotatable bonds is 2. The van der Waals surface area contributed by atoms with Crippen LogP contribution in [0.4, 0.5) is 8.78 Å². The van der Waals surface area contributed by atoms with Crippen molar-refractivity contribution in [2.45, 2.75) is 13.3 Å². The summed E-state index contributed by atoms with van der Waals surface area (Å²) in [5, 5.41) is 8.77. The minimum atomic E-state index is -2.81. The fraction of sp³-hybridized carbons (Fsp3) is 0.222. The van der Waals surface area contributed by atoms with Crippen molar-refractivity contribution in [3.8, 4) is 5.75 Å². The average Bonchev–Trinajstić information content (AvgIpc) is 2.07. The topological polar surface area (TPSA) is 37.3 Å². The monoisotopic (exact) mass is 220 g/mol. The zero-order valence-electron chi connectivity index (χ0n) is 7.22. The molecule has 1 aromatic carbocycles. The van der Waals surface area contributed by atoms with Crippen LogP contribution < -0.4 is 0 Å². The zero-order chi connectivity index (χ0) is 10.9. The molecule has 1 rings (SSSR count). The number of carbonyl (C=O) groups is 1. The van der Waals surface area contributed by atoms with Crippen LogP contribution in [0, 0.1) is 0 Å². The first-order chi connectivity index (χ1) is 6.43. The summed E-state index contributed by atoms with van der Waals surface area (Å²) in [4.78, 5) is 11.0. The van der Waals surface area contributed by atoms with Gasteiger partial charge in [-0.1, -0.05) is 11.6 Å². The first-order valence-corrected chi connectivity index (χ1v) is 4.12. The normalized spacial score (nSPS) is 10.6. The van der Waals surface area contributed by atoms with Gasteiger partial charge in [0, 0.05) is 11.1 Å². The van der Waals surface area contributed by atoms with E-state index in [1.54, 1.807) is 0 Å². The maximum absolute atomic E-state index is 12.3. The summed E-state index contributed by atoms with van der Waals surface area (Å²) in [6.07, 6.45) is -2.81. The van der Waals surface area contributed by atoms with E-state index in [1.165, 1.54) is 6.92 Å². The number of phenols is 1. The van der Waals surface area contributed by atoms with Crippen molar-refractivity contribution >= 4 is 17.4 Å². The predicted octanol–water partition coefficient (Wildman–Crippen LogP) is 3.19. The van der Waals surface area contributed by atoms with Gasteiger partial charge in [-0.25, -0.2) is 8.78 Å². The van der Waals surface area contributed by atoms with E-state index in [0.29, 0.717) is 0 Å². The molecule has 0 bridgehead atoms. The third-order valence-electron chi connectivity index (χ3n) is 1.70. The number of phenolic OH excluding ortho intramolecular Hbond substituents is 1. The third-order valence-corrected chi connectivity index (χ3v) is 2.12. The quantitative estimate of drug-likeness (QED) is 0.778. The smallest absolute Gasteiger partial charge is 0.265 e.